The Morgan fingerprint density at radius 1 is 0.828 bits per heavy atom. The standard InChI is InChI=1S/C23H36O6/c1-3-5-10-23(4-2,13-26-21(24)15-6-8-17-19(11-15)28-17)14-27-22(25)16-7-9-18-20(12-16)29-18/h15-20H,3-14H2,1-2H3. The van der Waals surface area contributed by atoms with Gasteiger partial charge in [-0.1, -0.05) is 26.7 Å². The lowest BCUT2D eigenvalue weighted by Crippen LogP contribution is -2.37. The molecule has 0 spiro atoms. The molecule has 0 aromatic rings. The predicted octanol–water partition coefficient (Wildman–Crippen LogP) is 3.79. The zero-order valence-corrected chi connectivity index (χ0v) is 17.9. The molecule has 6 unspecified atom stereocenters. The van der Waals surface area contributed by atoms with Gasteiger partial charge in [0.05, 0.1) is 36.3 Å². The van der Waals surface area contributed by atoms with Gasteiger partial charge in [-0.05, 0) is 51.4 Å². The van der Waals surface area contributed by atoms with Crippen LogP contribution in [0.15, 0.2) is 0 Å². The Kier molecular flexibility index (Phi) is 6.50. The maximum Gasteiger partial charge on any atom is 0.309 e. The molecule has 2 saturated carbocycles. The molecule has 29 heavy (non-hydrogen) atoms. The average molecular weight is 409 g/mol. The molecule has 0 N–H and O–H groups in total. The summed E-state index contributed by atoms with van der Waals surface area (Å²) in [5, 5.41) is 0. The van der Waals surface area contributed by atoms with Crippen LogP contribution in [0.1, 0.15) is 78.1 Å². The third-order valence-electron chi connectivity index (χ3n) is 7.53. The van der Waals surface area contributed by atoms with E-state index in [1.807, 2.05) is 0 Å². The minimum Gasteiger partial charge on any atom is -0.465 e. The summed E-state index contributed by atoms with van der Waals surface area (Å²) < 4.78 is 22.7. The Hall–Kier alpha value is -1.14. The average Bonchev–Trinajstić information content (AvgIpc) is 3.66. The number of unbranched alkanes of at least 4 members (excludes halogenated alkanes) is 1. The van der Waals surface area contributed by atoms with E-state index in [1.165, 1.54) is 0 Å². The Labute approximate surface area is 174 Å². The third-order valence-corrected chi connectivity index (χ3v) is 7.53. The van der Waals surface area contributed by atoms with Gasteiger partial charge in [0.1, 0.15) is 13.2 Å². The lowest BCUT2D eigenvalue weighted by Gasteiger charge is -2.33. The van der Waals surface area contributed by atoms with E-state index in [9.17, 15) is 9.59 Å². The Balaban J connectivity index is 1.29. The molecule has 2 saturated heterocycles. The van der Waals surface area contributed by atoms with Crippen LogP contribution in [0.4, 0.5) is 0 Å². The van der Waals surface area contributed by atoms with Gasteiger partial charge in [0, 0.05) is 5.41 Å². The van der Waals surface area contributed by atoms with Gasteiger partial charge in [-0.25, -0.2) is 0 Å². The molecule has 4 rings (SSSR count). The SMILES string of the molecule is CCCCC(CC)(COC(=O)C1CCC2OC2C1)COC(=O)C1CCC2OC2C1. The quantitative estimate of drug-likeness (QED) is 0.404. The van der Waals surface area contributed by atoms with Crippen LogP contribution < -0.4 is 0 Å². The maximum absolute atomic E-state index is 12.6. The van der Waals surface area contributed by atoms with Crippen molar-refractivity contribution in [2.24, 2.45) is 17.3 Å². The van der Waals surface area contributed by atoms with Crippen molar-refractivity contribution < 1.29 is 28.5 Å². The number of epoxide rings is 2. The van der Waals surface area contributed by atoms with E-state index in [0.717, 1.165) is 64.2 Å². The molecule has 2 aliphatic heterocycles. The molecule has 4 aliphatic rings. The smallest absolute Gasteiger partial charge is 0.309 e. The number of ether oxygens (including phenoxy) is 4. The molecular weight excluding hydrogens is 372 g/mol. The van der Waals surface area contributed by atoms with Gasteiger partial charge in [0.25, 0.3) is 0 Å². The van der Waals surface area contributed by atoms with E-state index in [0.29, 0.717) is 25.4 Å². The first kappa shape index (κ1) is 21.1. The summed E-state index contributed by atoms with van der Waals surface area (Å²) >= 11 is 0. The van der Waals surface area contributed by atoms with E-state index in [4.69, 9.17) is 18.9 Å². The van der Waals surface area contributed by atoms with Gasteiger partial charge in [0.15, 0.2) is 0 Å². The first-order chi connectivity index (χ1) is 14.0. The highest BCUT2D eigenvalue weighted by atomic mass is 16.6. The molecule has 4 fully saturated rings. The number of hydrogen-bond acceptors (Lipinski definition) is 6. The van der Waals surface area contributed by atoms with Crippen molar-refractivity contribution in [3.63, 3.8) is 0 Å². The molecule has 0 aromatic carbocycles. The van der Waals surface area contributed by atoms with Crippen molar-refractivity contribution in [2.75, 3.05) is 13.2 Å². The first-order valence-corrected chi connectivity index (χ1v) is 11.7. The van der Waals surface area contributed by atoms with Gasteiger partial charge in [-0.3, -0.25) is 9.59 Å². The van der Waals surface area contributed by atoms with Crippen molar-refractivity contribution in [1.82, 2.24) is 0 Å². The second-order valence-electron chi connectivity index (χ2n) is 9.62. The summed E-state index contributed by atoms with van der Waals surface area (Å²) in [7, 11) is 0. The van der Waals surface area contributed by atoms with Crippen molar-refractivity contribution in [1.29, 1.82) is 0 Å². The highest BCUT2D eigenvalue weighted by molar-refractivity contribution is 5.73. The molecule has 0 bridgehead atoms. The number of rotatable bonds is 10. The van der Waals surface area contributed by atoms with Gasteiger partial charge in [-0.2, -0.15) is 0 Å². The second kappa shape index (κ2) is 8.93. The zero-order valence-electron chi connectivity index (χ0n) is 17.9. The zero-order chi connectivity index (χ0) is 20.4. The van der Waals surface area contributed by atoms with Crippen LogP contribution in [0.2, 0.25) is 0 Å². The fraction of sp³-hybridized carbons (Fsp3) is 0.913. The highest BCUT2D eigenvalue weighted by Crippen LogP contribution is 2.41. The topological polar surface area (TPSA) is 77.7 Å². The van der Waals surface area contributed by atoms with Crippen molar-refractivity contribution in [2.45, 2.75) is 102 Å². The third kappa shape index (κ3) is 5.13. The summed E-state index contributed by atoms with van der Waals surface area (Å²) in [6.45, 7) is 4.92. The molecular formula is C23H36O6. The van der Waals surface area contributed by atoms with Gasteiger partial charge in [0.2, 0.25) is 0 Å². The van der Waals surface area contributed by atoms with E-state index in [1.54, 1.807) is 0 Å². The normalized spacial score (nSPS) is 36.9. The van der Waals surface area contributed by atoms with Crippen LogP contribution in [0.3, 0.4) is 0 Å². The largest absolute Gasteiger partial charge is 0.465 e. The van der Waals surface area contributed by atoms with Gasteiger partial charge >= 0.3 is 11.9 Å². The van der Waals surface area contributed by atoms with Crippen molar-refractivity contribution in [3.8, 4) is 0 Å². The van der Waals surface area contributed by atoms with Crippen LogP contribution in [0.5, 0.6) is 0 Å². The van der Waals surface area contributed by atoms with Crippen LogP contribution >= 0.6 is 0 Å². The predicted molar refractivity (Wildman–Crippen MR) is 106 cm³/mol. The molecule has 2 aliphatic carbocycles. The van der Waals surface area contributed by atoms with Crippen LogP contribution in [0.25, 0.3) is 0 Å². The van der Waals surface area contributed by atoms with E-state index >= 15 is 0 Å². The van der Waals surface area contributed by atoms with E-state index in [-0.39, 0.29) is 41.4 Å². The minimum atomic E-state index is -0.290. The van der Waals surface area contributed by atoms with Crippen LogP contribution in [-0.4, -0.2) is 49.6 Å². The first-order valence-electron chi connectivity index (χ1n) is 11.7. The minimum absolute atomic E-state index is 0.0456. The number of esters is 2. The number of carbonyl (C=O) groups excluding carboxylic acids is 2. The maximum atomic E-state index is 12.6. The number of hydrogen-bond donors (Lipinski definition) is 0. The van der Waals surface area contributed by atoms with Crippen LogP contribution in [0, 0.1) is 17.3 Å². The van der Waals surface area contributed by atoms with Gasteiger partial charge < -0.3 is 18.9 Å². The van der Waals surface area contributed by atoms with Crippen LogP contribution in [-0.2, 0) is 28.5 Å². The van der Waals surface area contributed by atoms with E-state index < -0.39 is 0 Å². The fourth-order valence-corrected chi connectivity index (χ4v) is 5.04. The Morgan fingerprint density at radius 3 is 1.76 bits per heavy atom. The lowest BCUT2D eigenvalue weighted by atomic mass is 9.81. The summed E-state index contributed by atoms with van der Waals surface area (Å²) in [5.41, 5.74) is -0.290. The summed E-state index contributed by atoms with van der Waals surface area (Å²) in [4.78, 5) is 25.3. The highest BCUT2D eigenvalue weighted by Gasteiger charge is 2.47. The second-order valence-corrected chi connectivity index (χ2v) is 9.62. The monoisotopic (exact) mass is 408 g/mol. The lowest BCUT2D eigenvalue weighted by molar-refractivity contribution is -0.161. The molecule has 0 amide bonds. The van der Waals surface area contributed by atoms with E-state index in [2.05, 4.69) is 13.8 Å². The molecule has 2 heterocycles. The van der Waals surface area contributed by atoms with Gasteiger partial charge in [-0.15, -0.1) is 0 Å². The van der Waals surface area contributed by atoms with Crippen molar-refractivity contribution >= 4 is 11.9 Å². The van der Waals surface area contributed by atoms with Crippen molar-refractivity contribution in [3.05, 3.63) is 0 Å². The molecule has 6 atom stereocenters. The number of carbonyl (C=O) groups is 2. The molecule has 0 aromatic heterocycles. The Bertz CT molecular complexity index is 560. The molecule has 6 nitrogen and oxygen atoms in total. The molecule has 6 heteroatoms. The molecule has 164 valence electrons. The summed E-state index contributed by atoms with van der Waals surface area (Å²) in [5.74, 6) is -0.306. The molecule has 0 radical (unpaired) electrons. The Morgan fingerprint density at radius 2 is 1.34 bits per heavy atom. The fourth-order valence-electron chi connectivity index (χ4n) is 5.04. The summed E-state index contributed by atoms with van der Waals surface area (Å²) in [6.07, 6.45) is 10.3. The summed E-state index contributed by atoms with van der Waals surface area (Å²) in [6, 6.07) is 0. The number of fused-ring (bicyclic) bond motifs is 2.